The standard InChI is InChI=1S/C12H14F3IO2/c1-17-10-4-2-3-9(7-10)11(8-16)18-6-5-12(13,14)15/h2-4,7,11H,5-6,8H2,1H3. The van der Waals surface area contributed by atoms with Crippen LogP contribution in [0.5, 0.6) is 5.75 Å². The number of benzene rings is 1. The molecule has 1 aromatic rings. The summed E-state index contributed by atoms with van der Waals surface area (Å²) in [7, 11) is 1.54. The first-order chi connectivity index (χ1) is 8.46. The van der Waals surface area contributed by atoms with Crippen molar-refractivity contribution in [3.8, 4) is 5.75 Å². The number of alkyl halides is 4. The third kappa shape index (κ3) is 5.43. The van der Waals surface area contributed by atoms with Crippen LogP contribution in [0.15, 0.2) is 24.3 Å². The summed E-state index contributed by atoms with van der Waals surface area (Å²) in [6, 6.07) is 7.17. The molecule has 1 rings (SSSR count). The largest absolute Gasteiger partial charge is 0.497 e. The first-order valence-corrected chi connectivity index (χ1v) is 6.87. The molecule has 0 aromatic heterocycles. The lowest BCUT2D eigenvalue weighted by Gasteiger charge is -2.17. The van der Waals surface area contributed by atoms with Crippen molar-refractivity contribution in [3.05, 3.63) is 29.8 Å². The molecule has 2 nitrogen and oxygen atoms in total. The Hall–Kier alpha value is -0.500. The van der Waals surface area contributed by atoms with E-state index in [2.05, 4.69) is 22.6 Å². The van der Waals surface area contributed by atoms with Gasteiger partial charge in [-0.25, -0.2) is 0 Å². The van der Waals surface area contributed by atoms with Crippen LogP contribution < -0.4 is 4.74 Å². The van der Waals surface area contributed by atoms with Gasteiger partial charge in [-0.2, -0.15) is 13.2 Å². The van der Waals surface area contributed by atoms with Gasteiger partial charge in [-0.1, -0.05) is 34.7 Å². The molecule has 1 atom stereocenters. The van der Waals surface area contributed by atoms with Crippen molar-refractivity contribution in [2.45, 2.75) is 18.7 Å². The van der Waals surface area contributed by atoms with Crippen LogP contribution in [0.1, 0.15) is 18.1 Å². The van der Waals surface area contributed by atoms with Crippen LogP contribution in [0.3, 0.4) is 0 Å². The lowest BCUT2D eigenvalue weighted by Crippen LogP contribution is -2.14. The summed E-state index contributed by atoms with van der Waals surface area (Å²) in [5.41, 5.74) is 0.825. The van der Waals surface area contributed by atoms with Crippen LogP contribution in [0.25, 0.3) is 0 Å². The zero-order valence-electron chi connectivity index (χ0n) is 9.84. The Morgan fingerprint density at radius 3 is 2.61 bits per heavy atom. The third-order valence-electron chi connectivity index (χ3n) is 2.31. The number of hydrogen-bond acceptors (Lipinski definition) is 2. The van der Waals surface area contributed by atoms with Gasteiger partial charge < -0.3 is 9.47 Å². The van der Waals surface area contributed by atoms with Gasteiger partial charge in [-0.15, -0.1) is 0 Å². The van der Waals surface area contributed by atoms with E-state index in [9.17, 15) is 13.2 Å². The molecule has 1 unspecified atom stereocenters. The molecule has 1 aromatic carbocycles. The maximum absolute atomic E-state index is 12.0. The Bertz CT molecular complexity index is 369. The van der Waals surface area contributed by atoms with Crippen molar-refractivity contribution in [1.82, 2.24) is 0 Å². The minimum absolute atomic E-state index is 0.325. The van der Waals surface area contributed by atoms with E-state index in [4.69, 9.17) is 9.47 Å². The van der Waals surface area contributed by atoms with Gasteiger partial charge in [0.1, 0.15) is 5.75 Å². The van der Waals surface area contributed by atoms with Crippen LogP contribution in [0, 0.1) is 0 Å². The summed E-state index contributed by atoms with van der Waals surface area (Å²) in [6.07, 6.45) is -5.45. The molecule has 102 valence electrons. The van der Waals surface area contributed by atoms with Crippen molar-refractivity contribution in [3.63, 3.8) is 0 Å². The smallest absolute Gasteiger partial charge is 0.391 e. The summed E-state index contributed by atoms with van der Waals surface area (Å²) in [5.74, 6) is 0.668. The molecule has 0 saturated heterocycles. The van der Waals surface area contributed by atoms with Gasteiger partial charge >= 0.3 is 6.18 Å². The number of hydrogen-bond donors (Lipinski definition) is 0. The Morgan fingerprint density at radius 2 is 2.06 bits per heavy atom. The number of rotatable bonds is 6. The first-order valence-electron chi connectivity index (χ1n) is 5.34. The van der Waals surface area contributed by atoms with Crippen molar-refractivity contribution < 1.29 is 22.6 Å². The maximum Gasteiger partial charge on any atom is 0.391 e. The molecule has 0 amide bonds. The van der Waals surface area contributed by atoms with E-state index >= 15 is 0 Å². The summed E-state index contributed by atoms with van der Waals surface area (Å²) in [6.45, 7) is -0.325. The average Bonchev–Trinajstić information content (AvgIpc) is 2.33. The average molecular weight is 374 g/mol. The van der Waals surface area contributed by atoms with E-state index in [0.717, 1.165) is 5.56 Å². The minimum atomic E-state index is -4.18. The van der Waals surface area contributed by atoms with Gasteiger partial charge in [-0.3, -0.25) is 0 Å². The second kappa shape index (κ2) is 7.18. The molecule has 0 aliphatic carbocycles. The number of methoxy groups -OCH3 is 1. The summed E-state index contributed by atoms with van der Waals surface area (Å²) in [4.78, 5) is 0. The topological polar surface area (TPSA) is 18.5 Å². The lowest BCUT2D eigenvalue weighted by atomic mass is 10.1. The van der Waals surface area contributed by atoms with Crippen LogP contribution in [0.4, 0.5) is 13.2 Å². The molecule has 0 aliphatic heterocycles. The summed E-state index contributed by atoms with van der Waals surface area (Å²) in [5, 5.41) is 0. The second-order valence-corrected chi connectivity index (χ2v) is 4.54. The quantitative estimate of drug-likeness (QED) is 0.551. The van der Waals surface area contributed by atoms with Crippen LogP contribution >= 0.6 is 22.6 Å². The molecule has 0 radical (unpaired) electrons. The fourth-order valence-electron chi connectivity index (χ4n) is 1.39. The predicted molar refractivity (Wildman–Crippen MR) is 71.2 cm³/mol. The Balaban J connectivity index is 2.59. The first kappa shape index (κ1) is 15.6. The number of halogens is 4. The van der Waals surface area contributed by atoms with Gasteiger partial charge in [0.15, 0.2) is 0 Å². The Morgan fingerprint density at radius 1 is 1.33 bits per heavy atom. The number of ether oxygens (including phenoxy) is 2. The molecule has 0 fully saturated rings. The molecule has 0 heterocycles. The van der Waals surface area contributed by atoms with E-state index < -0.39 is 12.6 Å². The molecule has 0 spiro atoms. The molecule has 0 aliphatic rings. The van der Waals surface area contributed by atoms with E-state index in [-0.39, 0.29) is 12.7 Å². The lowest BCUT2D eigenvalue weighted by molar-refractivity contribution is -0.148. The highest BCUT2D eigenvalue weighted by Crippen LogP contribution is 2.26. The normalized spacial score (nSPS) is 13.4. The fourth-order valence-corrected chi connectivity index (χ4v) is 2.15. The van der Waals surface area contributed by atoms with Crippen LogP contribution in [0.2, 0.25) is 0 Å². The van der Waals surface area contributed by atoms with Gasteiger partial charge in [-0.05, 0) is 17.7 Å². The van der Waals surface area contributed by atoms with Gasteiger partial charge in [0.25, 0.3) is 0 Å². The van der Waals surface area contributed by atoms with E-state index in [0.29, 0.717) is 10.2 Å². The molecule has 0 N–H and O–H groups in total. The van der Waals surface area contributed by atoms with Crippen molar-refractivity contribution in [2.75, 3.05) is 18.1 Å². The Labute approximate surface area is 118 Å². The van der Waals surface area contributed by atoms with Crippen molar-refractivity contribution >= 4 is 22.6 Å². The van der Waals surface area contributed by atoms with Gasteiger partial charge in [0.2, 0.25) is 0 Å². The minimum Gasteiger partial charge on any atom is -0.497 e. The molecule has 18 heavy (non-hydrogen) atoms. The summed E-state index contributed by atoms with van der Waals surface area (Å²) < 4.78 is 47.0. The highest BCUT2D eigenvalue weighted by Gasteiger charge is 2.27. The highest BCUT2D eigenvalue weighted by molar-refractivity contribution is 14.1. The molecular formula is C12H14F3IO2. The molecule has 6 heteroatoms. The second-order valence-electron chi connectivity index (χ2n) is 3.66. The van der Waals surface area contributed by atoms with E-state index in [1.165, 1.54) is 0 Å². The molecule has 0 bridgehead atoms. The zero-order valence-corrected chi connectivity index (χ0v) is 12.0. The SMILES string of the molecule is COc1cccc(C(CI)OCCC(F)(F)F)c1. The third-order valence-corrected chi connectivity index (χ3v) is 3.11. The van der Waals surface area contributed by atoms with E-state index in [1.807, 2.05) is 6.07 Å². The van der Waals surface area contributed by atoms with Crippen LogP contribution in [-0.2, 0) is 4.74 Å². The van der Waals surface area contributed by atoms with Gasteiger partial charge in [0.05, 0.1) is 26.2 Å². The van der Waals surface area contributed by atoms with E-state index in [1.54, 1.807) is 25.3 Å². The van der Waals surface area contributed by atoms with Crippen molar-refractivity contribution in [2.24, 2.45) is 0 Å². The summed E-state index contributed by atoms with van der Waals surface area (Å²) >= 11 is 2.09. The highest BCUT2D eigenvalue weighted by atomic mass is 127. The predicted octanol–water partition coefficient (Wildman–Crippen LogP) is 4.14. The molecule has 0 saturated carbocycles. The maximum atomic E-state index is 12.0. The molecular weight excluding hydrogens is 360 g/mol. The Kier molecular flexibility index (Phi) is 6.20. The van der Waals surface area contributed by atoms with Crippen molar-refractivity contribution in [1.29, 1.82) is 0 Å². The van der Waals surface area contributed by atoms with Crippen LogP contribution in [-0.4, -0.2) is 24.3 Å². The van der Waals surface area contributed by atoms with Gasteiger partial charge in [0, 0.05) is 4.43 Å². The monoisotopic (exact) mass is 374 g/mol. The zero-order chi connectivity index (χ0) is 13.6. The fraction of sp³-hybridized carbons (Fsp3) is 0.500.